The van der Waals surface area contributed by atoms with Gasteiger partial charge in [0, 0.05) is 6.04 Å². The second-order valence-electron chi connectivity index (χ2n) is 6.86. The van der Waals surface area contributed by atoms with E-state index >= 15 is 0 Å². The van der Waals surface area contributed by atoms with E-state index < -0.39 is 0 Å². The first-order valence-electron chi connectivity index (χ1n) is 8.45. The van der Waals surface area contributed by atoms with Gasteiger partial charge in [-0.2, -0.15) is 0 Å². The topological polar surface area (TPSA) is 12.0 Å². The van der Waals surface area contributed by atoms with Crippen molar-refractivity contribution >= 4 is 0 Å². The third-order valence-corrected chi connectivity index (χ3v) is 5.91. The van der Waals surface area contributed by atoms with Gasteiger partial charge in [0.1, 0.15) is 0 Å². The molecule has 0 aromatic heterocycles. The molecule has 1 N–H and O–H groups in total. The van der Waals surface area contributed by atoms with E-state index in [4.69, 9.17) is 0 Å². The SMILES string of the molecule is CCC1CCCC(C(NC)C2CCC(CC)C2)C1. The van der Waals surface area contributed by atoms with Crippen LogP contribution in [0.2, 0.25) is 0 Å². The Kier molecular flexibility index (Phi) is 5.54. The molecule has 0 amide bonds. The first kappa shape index (κ1) is 14.4. The largest absolute Gasteiger partial charge is 0.316 e. The van der Waals surface area contributed by atoms with Crippen molar-refractivity contribution in [1.82, 2.24) is 5.32 Å². The predicted molar refractivity (Wildman–Crippen MR) is 79.7 cm³/mol. The maximum atomic E-state index is 3.70. The van der Waals surface area contributed by atoms with Crippen LogP contribution in [0.5, 0.6) is 0 Å². The lowest BCUT2D eigenvalue weighted by Crippen LogP contribution is -2.41. The van der Waals surface area contributed by atoms with Gasteiger partial charge in [-0.05, 0) is 56.4 Å². The molecule has 0 aromatic carbocycles. The summed E-state index contributed by atoms with van der Waals surface area (Å²) < 4.78 is 0. The van der Waals surface area contributed by atoms with Gasteiger partial charge in [-0.3, -0.25) is 0 Å². The molecule has 1 nitrogen and oxygen atoms in total. The Hall–Kier alpha value is -0.0400. The third kappa shape index (κ3) is 3.29. The number of hydrogen-bond donors (Lipinski definition) is 1. The molecular weight excluding hydrogens is 218 g/mol. The zero-order chi connectivity index (χ0) is 13.0. The fraction of sp³-hybridized carbons (Fsp3) is 1.00. The Bertz CT molecular complexity index is 238. The van der Waals surface area contributed by atoms with Gasteiger partial charge in [0.05, 0.1) is 0 Å². The van der Waals surface area contributed by atoms with E-state index in [1.54, 1.807) is 0 Å². The lowest BCUT2D eigenvalue weighted by atomic mass is 9.73. The second kappa shape index (κ2) is 6.93. The standard InChI is InChI=1S/C17H33N/c1-4-13-7-6-8-15(11-13)17(18-3)16-10-9-14(5-2)12-16/h13-18H,4-12H2,1-3H3. The summed E-state index contributed by atoms with van der Waals surface area (Å²) in [5, 5.41) is 3.70. The molecule has 2 aliphatic rings. The highest BCUT2D eigenvalue weighted by molar-refractivity contribution is 4.90. The van der Waals surface area contributed by atoms with Crippen LogP contribution in [-0.2, 0) is 0 Å². The molecule has 0 spiro atoms. The summed E-state index contributed by atoms with van der Waals surface area (Å²) in [4.78, 5) is 0. The van der Waals surface area contributed by atoms with E-state index in [-0.39, 0.29) is 0 Å². The van der Waals surface area contributed by atoms with Crippen molar-refractivity contribution in [3.8, 4) is 0 Å². The van der Waals surface area contributed by atoms with E-state index in [1.165, 1.54) is 57.8 Å². The average Bonchev–Trinajstić information content (AvgIpc) is 2.88. The number of rotatable bonds is 5. The normalized spacial score (nSPS) is 38.8. The smallest absolute Gasteiger partial charge is 0.0121 e. The summed E-state index contributed by atoms with van der Waals surface area (Å²) in [6.45, 7) is 4.75. The van der Waals surface area contributed by atoms with Crippen LogP contribution in [0.15, 0.2) is 0 Å². The molecule has 0 aliphatic heterocycles. The van der Waals surface area contributed by atoms with E-state index in [1.807, 2.05) is 0 Å². The van der Waals surface area contributed by atoms with Gasteiger partial charge < -0.3 is 5.32 Å². The quantitative estimate of drug-likeness (QED) is 0.752. The molecule has 0 aromatic rings. The fourth-order valence-electron chi connectivity index (χ4n) is 4.70. The highest BCUT2D eigenvalue weighted by Crippen LogP contribution is 2.41. The molecule has 18 heavy (non-hydrogen) atoms. The molecule has 0 heterocycles. The zero-order valence-electron chi connectivity index (χ0n) is 12.8. The maximum Gasteiger partial charge on any atom is 0.0121 e. The molecule has 2 fully saturated rings. The van der Waals surface area contributed by atoms with Gasteiger partial charge in [-0.15, -0.1) is 0 Å². The van der Waals surface area contributed by atoms with Gasteiger partial charge in [-0.25, -0.2) is 0 Å². The second-order valence-corrected chi connectivity index (χ2v) is 6.86. The Morgan fingerprint density at radius 3 is 2.06 bits per heavy atom. The van der Waals surface area contributed by atoms with E-state index in [2.05, 4.69) is 26.2 Å². The first-order valence-corrected chi connectivity index (χ1v) is 8.45. The van der Waals surface area contributed by atoms with E-state index in [0.29, 0.717) is 0 Å². The number of nitrogens with one attached hydrogen (secondary N) is 1. The minimum atomic E-state index is 0.816. The summed E-state index contributed by atoms with van der Waals surface area (Å²) in [6, 6.07) is 0.816. The third-order valence-electron chi connectivity index (χ3n) is 5.91. The van der Waals surface area contributed by atoms with Crippen molar-refractivity contribution in [2.45, 2.75) is 77.7 Å². The Balaban J connectivity index is 1.91. The Morgan fingerprint density at radius 2 is 1.50 bits per heavy atom. The van der Waals surface area contributed by atoms with E-state index in [9.17, 15) is 0 Å². The van der Waals surface area contributed by atoms with Gasteiger partial charge >= 0.3 is 0 Å². The first-order chi connectivity index (χ1) is 8.78. The van der Waals surface area contributed by atoms with Crippen LogP contribution >= 0.6 is 0 Å². The van der Waals surface area contributed by atoms with Crippen LogP contribution in [0, 0.1) is 23.7 Å². The van der Waals surface area contributed by atoms with Crippen LogP contribution in [0.25, 0.3) is 0 Å². The summed E-state index contributed by atoms with van der Waals surface area (Å²) in [5.74, 6) is 3.98. The van der Waals surface area contributed by atoms with Crippen LogP contribution in [0.1, 0.15) is 71.6 Å². The molecule has 5 unspecified atom stereocenters. The predicted octanol–water partition coefficient (Wildman–Crippen LogP) is 4.62. The van der Waals surface area contributed by atoms with Crippen molar-refractivity contribution in [2.75, 3.05) is 7.05 Å². The lowest BCUT2D eigenvalue weighted by Gasteiger charge is -2.37. The monoisotopic (exact) mass is 251 g/mol. The summed E-state index contributed by atoms with van der Waals surface area (Å²) in [6.07, 6.45) is 13.2. The van der Waals surface area contributed by atoms with Crippen molar-refractivity contribution in [3.63, 3.8) is 0 Å². The molecule has 0 bridgehead atoms. The summed E-state index contributed by atoms with van der Waals surface area (Å²) in [7, 11) is 2.21. The van der Waals surface area contributed by atoms with E-state index in [0.717, 1.165) is 29.7 Å². The Morgan fingerprint density at radius 1 is 0.889 bits per heavy atom. The maximum absolute atomic E-state index is 3.70. The van der Waals surface area contributed by atoms with Gasteiger partial charge in [0.25, 0.3) is 0 Å². The highest BCUT2D eigenvalue weighted by atomic mass is 14.9. The number of hydrogen-bond acceptors (Lipinski definition) is 1. The summed E-state index contributed by atoms with van der Waals surface area (Å²) >= 11 is 0. The van der Waals surface area contributed by atoms with Crippen molar-refractivity contribution in [3.05, 3.63) is 0 Å². The van der Waals surface area contributed by atoms with Crippen LogP contribution in [0.4, 0.5) is 0 Å². The minimum absolute atomic E-state index is 0.816. The van der Waals surface area contributed by atoms with Gasteiger partial charge in [0.2, 0.25) is 0 Å². The molecular formula is C17H33N. The fourth-order valence-corrected chi connectivity index (χ4v) is 4.70. The highest BCUT2D eigenvalue weighted by Gasteiger charge is 2.35. The van der Waals surface area contributed by atoms with Crippen LogP contribution < -0.4 is 5.32 Å². The average molecular weight is 251 g/mol. The lowest BCUT2D eigenvalue weighted by molar-refractivity contribution is 0.172. The minimum Gasteiger partial charge on any atom is -0.316 e. The molecule has 2 aliphatic carbocycles. The molecule has 0 saturated heterocycles. The molecule has 106 valence electrons. The summed E-state index contributed by atoms with van der Waals surface area (Å²) in [5.41, 5.74) is 0. The van der Waals surface area contributed by atoms with Gasteiger partial charge in [0.15, 0.2) is 0 Å². The molecule has 1 heteroatoms. The molecule has 5 atom stereocenters. The van der Waals surface area contributed by atoms with Crippen molar-refractivity contribution in [2.24, 2.45) is 23.7 Å². The molecule has 0 radical (unpaired) electrons. The molecule has 2 saturated carbocycles. The van der Waals surface area contributed by atoms with Crippen LogP contribution in [0.3, 0.4) is 0 Å². The van der Waals surface area contributed by atoms with Crippen molar-refractivity contribution < 1.29 is 0 Å². The Labute approximate surface area is 114 Å². The molecule has 2 rings (SSSR count). The van der Waals surface area contributed by atoms with Gasteiger partial charge in [-0.1, -0.05) is 46.0 Å². The van der Waals surface area contributed by atoms with Crippen molar-refractivity contribution in [1.29, 1.82) is 0 Å². The zero-order valence-corrected chi connectivity index (χ0v) is 12.8. The van der Waals surface area contributed by atoms with Crippen LogP contribution in [-0.4, -0.2) is 13.1 Å².